The molecule has 0 amide bonds. The van der Waals surface area contributed by atoms with Gasteiger partial charge in [-0.2, -0.15) is 4.98 Å². The lowest BCUT2D eigenvalue weighted by Crippen LogP contribution is -2.37. The maximum absolute atomic E-state index is 12.5. The Morgan fingerprint density at radius 3 is 2.43 bits per heavy atom. The third kappa shape index (κ3) is 2.19. The lowest BCUT2D eigenvalue weighted by Gasteiger charge is -2.10. The Hall–Kier alpha value is -2.71. The number of rotatable bonds is 3. The molecule has 0 spiro atoms. The number of fused-ring (bicyclic) bond motifs is 1. The molecule has 1 atom stereocenters. The van der Waals surface area contributed by atoms with Crippen LogP contribution in [0.4, 0.5) is 0 Å². The Morgan fingerprint density at radius 1 is 1.13 bits per heavy atom. The van der Waals surface area contributed by atoms with Crippen LogP contribution in [0.15, 0.2) is 20.4 Å². The molecule has 122 valence electrons. The minimum atomic E-state index is -0.416. The molecule has 0 radical (unpaired) electrons. The van der Waals surface area contributed by atoms with Crippen LogP contribution >= 0.6 is 0 Å². The highest BCUT2D eigenvalue weighted by molar-refractivity contribution is 5.70. The topological polar surface area (TPSA) is 101 Å². The zero-order valence-electron chi connectivity index (χ0n) is 13.6. The van der Waals surface area contributed by atoms with Gasteiger partial charge in [0, 0.05) is 20.0 Å². The molecule has 0 saturated carbocycles. The van der Waals surface area contributed by atoms with E-state index < -0.39 is 11.2 Å². The number of aryl methyl sites for hydroxylation is 1. The van der Waals surface area contributed by atoms with Crippen molar-refractivity contribution in [2.24, 2.45) is 14.1 Å². The summed E-state index contributed by atoms with van der Waals surface area (Å²) in [4.78, 5) is 33.0. The fourth-order valence-corrected chi connectivity index (χ4v) is 2.43. The van der Waals surface area contributed by atoms with Crippen molar-refractivity contribution in [2.75, 3.05) is 0 Å². The molecule has 0 aliphatic carbocycles. The van der Waals surface area contributed by atoms with E-state index in [0.29, 0.717) is 22.9 Å². The van der Waals surface area contributed by atoms with E-state index in [4.69, 9.17) is 4.52 Å². The monoisotopic (exact) mass is 318 g/mol. The predicted molar refractivity (Wildman–Crippen MR) is 82.4 cm³/mol. The second-order valence-corrected chi connectivity index (χ2v) is 5.85. The van der Waals surface area contributed by atoms with Gasteiger partial charge in [0.2, 0.25) is 5.89 Å². The van der Waals surface area contributed by atoms with Crippen LogP contribution in [0, 0.1) is 0 Å². The number of imidazole rings is 1. The van der Waals surface area contributed by atoms with Crippen LogP contribution in [0.2, 0.25) is 0 Å². The summed E-state index contributed by atoms with van der Waals surface area (Å²) < 4.78 is 9.34. The van der Waals surface area contributed by atoms with E-state index in [2.05, 4.69) is 15.1 Å². The van der Waals surface area contributed by atoms with Crippen molar-refractivity contribution < 1.29 is 4.52 Å². The van der Waals surface area contributed by atoms with E-state index in [9.17, 15) is 9.59 Å². The summed E-state index contributed by atoms with van der Waals surface area (Å²) in [5, 5.41) is 3.94. The fraction of sp³-hybridized carbons (Fsp3) is 0.500. The predicted octanol–water partition coefficient (Wildman–Crippen LogP) is 0.549. The van der Waals surface area contributed by atoms with Gasteiger partial charge in [-0.25, -0.2) is 9.78 Å². The highest BCUT2D eigenvalue weighted by Crippen LogP contribution is 2.21. The van der Waals surface area contributed by atoms with Crippen molar-refractivity contribution in [3.05, 3.63) is 38.9 Å². The first kappa shape index (κ1) is 15.2. The molecule has 0 saturated heterocycles. The van der Waals surface area contributed by atoms with Crippen molar-refractivity contribution in [3.8, 4) is 0 Å². The van der Waals surface area contributed by atoms with Gasteiger partial charge in [0.25, 0.3) is 5.56 Å². The highest BCUT2D eigenvalue weighted by Gasteiger charge is 2.22. The van der Waals surface area contributed by atoms with Gasteiger partial charge < -0.3 is 9.09 Å². The molecule has 1 unspecified atom stereocenters. The van der Waals surface area contributed by atoms with Gasteiger partial charge in [-0.15, -0.1) is 0 Å². The molecule has 0 N–H and O–H groups in total. The van der Waals surface area contributed by atoms with Crippen molar-refractivity contribution in [2.45, 2.75) is 32.7 Å². The molecule has 3 heterocycles. The molecular weight excluding hydrogens is 300 g/mol. The fourth-order valence-electron chi connectivity index (χ4n) is 2.43. The van der Waals surface area contributed by atoms with Gasteiger partial charge in [-0.1, -0.05) is 19.0 Å². The summed E-state index contributed by atoms with van der Waals surface area (Å²) in [7, 11) is 3.02. The molecule has 0 fully saturated rings. The average Bonchev–Trinajstić information content (AvgIpc) is 3.17. The van der Waals surface area contributed by atoms with Gasteiger partial charge >= 0.3 is 5.69 Å². The smallest absolute Gasteiger partial charge is 0.332 e. The summed E-state index contributed by atoms with van der Waals surface area (Å²) >= 11 is 0. The Balaban J connectivity index is 2.20. The van der Waals surface area contributed by atoms with Crippen molar-refractivity contribution in [3.63, 3.8) is 0 Å². The first-order valence-corrected chi connectivity index (χ1v) is 7.29. The third-order valence-corrected chi connectivity index (χ3v) is 3.92. The summed E-state index contributed by atoms with van der Waals surface area (Å²) in [5.74, 6) is 1.15. The quantitative estimate of drug-likeness (QED) is 0.699. The van der Waals surface area contributed by atoms with Gasteiger partial charge in [-0.05, 0) is 6.92 Å². The zero-order chi connectivity index (χ0) is 16.9. The standard InChI is InChI=1S/C14H18N6O3/c1-7(2)10-16-12(23-17-10)8(3)20-6-15-11-9(20)13(21)19(5)14(22)18(11)4/h6-8H,1-5H3. The lowest BCUT2D eigenvalue weighted by atomic mass is 10.2. The summed E-state index contributed by atoms with van der Waals surface area (Å²) in [6.07, 6.45) is 1.51. The van der Waals surface area contributed by atoms with Gasteiger partial charge in [0.15, 0.2) is 17.0 Å². The number of aromatic nitrogens is 6. The van der Waals surface area contributed by atoms with Crippen molar-refractivity contribution >= 4 is 11.2 Å². The van der Waals surface area contributed by atoms with E-state index in [0.717, 1.165) is 4.57 Å². The van der Waals surface area contributed by atoms with Crippen molar-refractivity contribution in [1.29, 1.82) is 0 Å². The second-order valence-electron chi connectivity index (χ2n) is 5.85. The molecule has 3 rings (SSSR count). The molecular formula is C14H18N6O3. The summed E-state index contributed by atoms with van der Waals surface area (Å²) in [6, 6.07) is -0.370. The summed E-state index contributed by atoms with van der Waals surface area (Å²) in [5.41, 5.74) is -0.170. The van der Waals surface area contributed by atoms with Crippen LogP contribution in [-0.4, -0.2) is 28.8 Å². The molecule has 3 aromatic heterocycles. The van der Waals surface area contributed by atoms with Gasteiger partial charge in [0.1, 0.15) is 6.04 Å². The largest absolute Gasteiger partial charge is 0.337 e. The Labute approximate surface area is 131 Å². The Morgan fingerprint density at radius 2 is 1.83 bits per heavy atom. The zero-order valence-corrected chi connectivity index (χ0v) is 13.6. The van der Waals surface area contributed by atoms with E-state index in [-0.39, 0.29) is 12.0 Å². The molecule has 0 bridgehead atoms. The maximum atomic E-state index is 12.5. The Bertz CT molecular complexity index is 990. The van der Waals surface area contributed by atoms with Gasteiger partial charge in [-0.3, -0.25) is 13.9 Å². The minimum absolute atomic E-state index is 0.146. The highest BCUT2D eigenvalue weighted by atomic mass is 16.5. The van der Waals surface area contributed by atoms with E-state index in [1.165, 1.54) is 17.9 Å². The van der Waals surface area contributed by atoms with E-state index in [1.807, 2.05) is 20.8 Å². The SMILES string of the molecule is CC(C)c1noc(C(C)n2cnc3c2c(=O)n(C)c(=O)n3C)n1. The maximum Gasteiger partial charge on any atom is 0.332 e. The van der Waals surface area contributed by atoms with Crippen LogP contribution in [-0.2, 0) is 14.1 Å². The number of hydrogen-bond acceptors (Lipinski definition) is 6. The molecule has 0 aliphatic rings. The molecule has 9 nitrogen and oxygen atoms in total. The molecule has 23 heavy (non-hydrogen) atoms. The van der Waals surface area contributed by atoms with Gasteiger partial charge in [0.05, 0.1) is 6.33 Å². The Kier molecular flexibility index (Phi) is 3.42. The van der Waals surface area contributed by atoms with Crippen LogP contribution in [0.3, 0.4) is 0 Å². The first-order valence-electron chi connectivity index (χ1n) is 7.29. The van der Waals surface area contributed by atoms with E-state index >= 15 is 0 Å². The van der Waals surface area contributed by atoms with Crippen LogP contribution in [0.5, 0.6) is 0 Å². The minimum Gasteiger partial charge on any atom is -0.337 e. The molecule has 3 aromatic rings. The molecule has 9 heteroatoms. The normalized spacial score (nSPS) is 13.1. The average molecular weight is 318 g/mol. The lowest BCUT2D eigenvalue weighted by molar-refractivity contribution is 0.342. The van der Waals surface area contributed by atoms with Crippen LogP contribution < -0.4 is 11.2 Å². The first-order chi connectivity index (χ1) is 10.8. The number of hydrogen-bond donors (Lipinski definition) is 0. The van der Waals surface area contributed by atoms with Crippen molar-refractivity contribution in [1.82, 2.24) is 28.8 Å². The second kappa shape index (κ2) is 5.18. The molecule has 0 aromatic carbocycles. The molecule has 0 aliphatic heterocycles. The van der Waals surface area contributed by atoms with Crippen LogP contribution in [0.25, 0.3) is 11.2 Å². The van der Waals surface area contributed by atoms with Crippen LogP contribution in [0.1, 0.15) is 44.4 Å². The number of nitrogens with zero attached hydrogens (tertiary/aromatic N) is 6. The van der Waals surface area contributed by atoms with E-state index in [1.54, 1.807) is 11.6 Å². The summed E-state index contributed by atoms with van der Waals surface area (Å²) in [6.45, 7) is 5.78. The third-order valence-electron chi connectivity index (χ3n) is 3.92.